The molecule has 1 N–H and O–H groups in total. The van der Waals surface area contributed by atoms with E-state index < -0.39 is 0 Å². The van der Waals surface area contributed by atoms with Crippen molar-refractivity contribution in [1.29, 1.82) is 0 Å². The van der Waals surface area contributed by atoms with E-state index in [1.54, 1.807) is 0 Å². The van der Waals surface area contributed by atoms with Crippen molar-refractivity contribution < 1.29 is 4.79 Å². The number of aryl methyl sites for hydroxylation is 1. The molecule has 0 saturated carbocycles. The van der Waals surface area contributed by atoms with Crippen LogP contribution in [0, 0.1) is 0 Å². The number of carbonyl (C=O) groups is 1. The number of benzene rings is 2. The van der Waals surface area contributed by atoms with Crippen molar-refractivity contribution in [3.8, 4) is 0 Å². The van der Waals surface area contributed by atoms with Crippen molar-refractivity contribution in [2.75, 3.05) is 39.3 Å². The lowest BCUT2D eigenvalue weighted by molar-refractivity contribution is 0.138. The lowest BCUT2D eigenvalue weighted by Gasteiger charge is -2.34. The molecule has 5 heteroatoms. The van der Waals surface area contributed by atoms with Crippen LogP contribution in [0.25, 0.3) is 0 Å². The second-order valence-corrected chi connectivity index (χ2v) is 7.47. The zero-order valence-electron chi connectivity index (χ0n) is 15.7. The minimum absolute atomic E-state index is 0.0426. The first-order valence-corrected chi connectivity index (χ1v) is 10.1. The molecule has 144 valence electrons. The number of nitrogens with one attached hydrogen (secondary N) is 1. The number of carbonyl (C=O) groups excluding carboxylic acids is 1. The molecule has 1 saturated heterocycles. The number of hydrogen-bond acceptors (Lipinski definition) is 2. The van der Waals surface area contributed by atoms with Gasteiger partial charge >= 0.3 is 6.03 Å². The van der Waals surface area contributed by atoms with Gasteiger partial charge < -0.3 is 10.2 Å². The molecule has 3 rings (SSSR count). The summed E-state index contributed by atoms with van der Waals surface area (Å²) in [6, 6.07) is 18.5. The van der Waals surface area contributed by atoms with Gasteiger partial charge in [-0.25, -0.2) is 4.79 Å². The molecule has 27 heavy (non-hydrogen) atoms. The number of amides is 2. The van der Waals surface area contributed by atoms with Gasteiger partial charge in [-0.3, -0.25) is 4.90 Å². The highest BCUT2D eigenvalue weighted by atomic mass is 35.5. The third kappa shape index (κ3) is 6.56. The van der Waals surface area contributed by atoms with E-state index in [2.05, 4.69) is 40.5 Å². The highest BCUT2D eigenvalue weighted by Crippen LogP contribution is 2.11. The van der Waals surface area contributed by atoms with Gasteiger partial charge in [0.05, 0.1) is 0 Å². The average molecular weight is 386 g/mol. The molecular formula is C22H28ClN3O. The van der Waals surface area contributed by atoms with E-state index in [9.17, 15) is 4.79 Å². The van der Waals surface area contributed by atoms with Crippen LogP contribution in [-0.2, 0) is 12.8 Å². The van der Waals surface area contributed by atoms with Crippen molar-refractivity contribution in [3.05, 3.63) is 70.7 Å². The maximum Gasteiger partial charge on any atom is 0.317 e. The standard InChI is InChI=1S/C22H28ClN3O/c23-21-10-4-8-20(18-21)11-12-24-22(27)26-16-14-25(15-17-26)13-5-9-19-6-2-1-3-7-19/h1-4,6-8,10,18H,5,9,11-17H2,(H,24,27). The molecule has 0 unspecified atom stereocenters. The van der Waals surface area contributed by atoms with Crippen LogP contribution >= 0.6 is 11.6 Å². The van der Waals surface area contributed by atoms with Gasteiger partial charge in [0.2, 0.25) is 0 Å². The average Bonchev–Trinajstić information content (AvgIpc) is 2.69. The molecule has 4 nitrogen and oxygen atoms in total. The Labute approximate surface area is 167 Å². The largest absolute Gasteiger partial charge is 0.338 e. The first-order chi connectivity index (χ1) is 13.2. The third-order valence-electron chi connectivity index (χ3n) is 5.02. The molecule has 2 amide bonds. The maximum absolute atomic E-state index is 12.3. The summed E-state index contributed by atoms with van der Waals surface area (Å²) >= 11 is 5.99. The zero-order chi connectivity index (χ0) is 18.9. The summed E-state index contributed by atoms with van der Waals surface area (Å²) in [4.78, 5) is 16.7. The van der Waals surface area contributed by atoms with Crippen molar-refractivity contribution in [2.45, 2.75) is 19.3 Å². The fourth-order valence-electron chi connectivity index (χ4n) is 3.44. The van der Waals surface area contributed by atoms with Gasteiger partial charge in [0.25, 0.3) is 0 Å². The van der Waals surface area contributed by atoms with Crippen LogP contribution in [0.1, 0.15) is 17.5 Å². The molecule has 1 fully saturated rings. The van der Waals surface area contributed by atoms with Gasteiger partial charge in [-0.2, -0.15) is 0 Å². The van der Waals surface area contributed by atoms with E-state index in [0.717, 1.165) is 62.6 Å². The van der Waals surface area contributed by atoms with Crippen molar-refractivity contribution in [1.82, 2.24) is 15.1 Å². The van der Waals surface area contributed by atoms with Crippen LogP contribution in [0.15, 0.2) is 54.6 Å². The minimum atomic E-state index is 0.0426. The Hall–Kier alpha value is -2.04. The Morgan fingerprint density at radius 2 is 1.67 bits per heavy atom. The van der Waals surface area contributed by atoms with Crippen LogP contribution in [0.4, 0.5) is 4.79 Å². The molecule has 0 bridgehead atoms. The lowest BCUT2D eigenvalue weighted by Crippen LogP contribution is -2.52. The van der Waals surface area contributed by atoms with E-state index in [4.69, 9.17) is 11.6 Å². The summed E-state index contributed by atoms with van der Waals surface area (Å²) in [5.41, 5.74) is 2.54. The molecule has 1 aliphatic rings. The molecule has 2 aromatic carbocycles. The Bertz CT molecular complexity index is 715. The van der Waals surface area contributed by atoms with Crippen LogP contribution in [0.2, 0.25) is 5.02 Å². The van der Waals surface area contributed by atoms with Gasteiger partial charge in [0.15, 0.2) is 0 Å². The van der Waals surface area contributed by atoms with E-state index in [1.165, 1.54) is 5.56 Å². The highest BCUT2D eigenvalue weighted by molar-refractivity contribution is 6.30. The molecule has 0 aromatic heterocycles. The number of rotatable bonds is 7. The Morgan fingerprint density at radius 1 is 0.926 bits per heavy atom. The van der Waals surface area contributed by atoms with E-state index in [1.807, 2.05) is 29.2 Å². The summed E-state index contributed by atoms with van der Waals surface area (Å²) in [6.45, 7) is 5.24. The number of piperazine rings is 1. The van der Waals surface area contributed by atoms with Gasteiger partial charge in [0.1, 0.15) is 0 Å². The van der Waals surface area contributed by atoms with Crippen molar-refractivity contribution in [3.63, 3.8) is 0 Å². The molecule has 1 aliphatic heterocycles. The van der Waals surface area contributed by atoms with Crippen LogP contribution in [0.5, 0.6) is 0 Å². The van der Waals surface area contributed by atoms with E-state index in [0.29, 0.717) is 6.54 Å². The first-order valence-electron chi connectivity index (χ1n) is 9.74. The van der Waals surface area contributed by atoms with E-state index >= 15 is 0 Å². The van der Waals surface area contributed by atoms with Gasteiger partial charge in [0, 0.05) is 37.7 Å². The van der Waals surface area contributed by atoms with Crippen molar-refractivity contribution >= 4 is 17.6 Å². The molecule has 1 heterocycles. The number of hydrogen-bond donors (Lipinski definition) is 1. The fraction of sp³-hybridized carbons (Fsp3) is 0.409. The Kier molecular flexibility index (Phi) is 7.55. The molecular weight excluding hydrogens is 358 g/mol. The summed E-state index contributed by atoms with van der Waals surface area (Å²) in [5, 5.41) is 3.76. The molecule has 2 aromatic rings. The predicted molar refractivity (Wildman–Crippen MR) is 111 cm³/mol. The lowest BCUT2D eigenvalue weighted by atomic mass is 10.1. The number of halogens is 1. The zero-order valence-corrected chi connectivity index (χ0v) is 16.5. The summed E-state index contributed by atoms with van der Waals surface area (Å²) in [5.74, 6) is 0. The van der Waals surface area contributed by atoms with Crippen LogP contribution in [0.3, 0.4) is 0 Å². The van der Waals surface area contributed by atoms with Crippen LogP contribution < -0.4 is 5.32 Å². The molecule has 0 radical (unpaired) electrons. The second kappa shape index (κ2) is 10.3. The molecule has 0 spiro atoms. The number of urea groups is 1. The number of nitrogens with zero attached hydrogens (tertiary/aromatic N) is 2. The summed E-state index contributed by atoms with van der Waals surface area (Å²) in [6.07, 6.45) is 3.08. The smallest absolute Gasteiger partial charge is 0.317 e. The highest BCUT2D eigenvalue weighted by Gasteiger charge is 2.20. The Morgan fingerprint density at radius 3 is 2.41 bits per heavy atom. The molecule has 0 atom stereocenters. The maximum atomic E-state index is 12.3. The Balaban J connectivity index is 1.30. The van der Waals surface area contributed by atoms with Crippen LogP contribution in [-0.4, -0.2) is 55.1 Å². The summed E-state index contributed by atoms with van der Waals surface area (Å²) < 4.78 is 0. The monoisotopic (exact) mass is 385 g/mol. The first kappa shape index (κ1) is 19.7. The summed E-state index contributed by atoms with van der Waals surface area (Å²) in [7, 11) is 0. The van der Waals surface area contributed by atoms with Gasteiger partial charge in [-0.05, 0) is 49.1 Å². The van der Waals surface area contributed by atoms with Crippen molar-refractivity contribution in [2.24, 2.45) is 0 Å². The second-order valence-electron chi connectivity index (χ2n) is 7.03. The SMILES string of the molecule is O=C(NCCc1cccc(Cl)c1)N1CCN(CCCc2ccccc2)CC1. The predicted octanol–water partition coefficient (Wildman–Crippen LogP) is 3.84. The topological polar surface area (TPSA) is 35.6 Å². The third-order valence-corrected chi connectivity index (χ3v) is 5.26. The normalized spacial score (nSPS) is 14.9. The van der Waals surface area contributed by atoms with Gasteiger partial charge in [-0.1, -0.05) is 54.1 Å². The minimum Gasteiger partial charge on any atom is -0.338 e. The quantitative estimate of drug-likeness (QED) is 0.785. The van der Waals surface area contributed by atoms with Gasteiger partial charge in [-0.15, -0.1) is 0 Å². The molecule has 0 aliphatic carbocycles. The van der Waals surface area contributed by atoms with E-state index in [-0.39, 0.29) is 6.03 Å². The fourth-order valence-corrected chi connectivity index (χ4v) is 3.66.